The number of phenolic OH excluding ortho intramolecular Hbond substituents is 1. The minimum Gasteiger partial charge on any atom is -0.507 e. The number of aromatic hydroxyl groups is 1. The minimum atomic E-state index is 0.0720. The van der Waals surface area contributed by atoms with Crippen molar-refractivity contribution in [3.05, 3.63) is 47.2 Å². The molecule has 0 bridgehead atoms. The van der Waals surface area contributed by atoms with E-state index in [2.05, 4.69) is 57.1 Å². The molecule has 156 valence electrons. The molecule has 4 heteroatoms. The van der Waals surface area contributed by atoms with E-state index in [1.54, 1.807) is 6.07 Å². The average Bonchev–Trinajstić information content (AvgIpc) is 2.56. The van der Waals surface area contributed by atoms with E-state index in [1.807, 2.05) is 19.1 Å². The first-order valence-corrected chi connectivity index (χ1v) is 10.7. The largest absolute Gasteiger partial charge is 0.507 e. The van der Waals surface area contributed by atoms with Gasteiger partial charge in [0.1, 0.15) is 5.75 Å². The number of aromatic nitrogens is 1. The number of aryl methyl sites for hydroxylation is 2. The topological polar surface area (TPSA) is 69.0 Å². The van der Waals surface area contributed by atoms with Crippen molar-refractivity contribution >= 4 is 16.6 Å². The smallest absolute Gasteiger partial charge is 0.127 e. The van der Waals surface area contributed by atoms with Gasteiger partial charge in [0.05, 0.1) is 11.2 Å². The Labute approximate surface area is 175 Å². The lowest BCUT2D eigenvalue weighted by molar-refractivity contribution is 0.150. The molecule has 0 spiro atoms. The molecule has 0 atom stereocenters. The second-order valence-corrected chi connectivity index (χ2v) is 9.89. The number of rotatable bonds is 5. The predicted molar refractivity (Wildman–Crippen MR) is 122 cm³/mol. The first kappa shape index (κ1) is 21.5. The second kappa shape index (κ2) is 7.91. The Hall–Kier alpha value is -2.20. The van der Waals surface area contributed by atoms with Gasteiger partial charge in [0.15, 0.2) is 0 Å². The maximum atomic E-state index is 10.6. The lowest BCUT2D eigenvalue weighted by Gasteiger charge is -2.45. The Morgan fingerprint density at radius 2 is 1.86 bits per heavy atom. The summed E-state index contributed by atoms with van der Waals surface area (Å²) in [5, 5.41) is 23.9. The molecule has 3 N–H and O–H groups in total. The van der Waals surface area contributed by atoms with E-state index < -0.39 is 0 Å². The van der Waals surface area contributed by atoms with Gasteiger partial charge in [-0.15, -0.1) is 0 Å². The Morgan fingerprint density at radius 3 is 2.48 bits per heavy atom. The molecule has 2 heterocycles. The molecular weight excluding hydrogens is 358 g/mol. The lowest BCUT2D eigenvalue weighted by Crippen LogP contribution is -2.57. The number of hydrogen-bond acceptors (Lipinski definition) is 4. The van der Waals surface area contributed by atoms with Gasteiger partial charge in [0.25, 0.3) is 0 Å². The van der Waals surface area contributed by atoms with Crippen molar-refractivity contribution in [2.24, 2.45) is 5.92 Å². The molecule has 1 aromatic carbocycles. The van der Waals surface area contributed by atoms with Gasteiger partial charge in [-0.05, 0) is 83.6 Å². The zero-order valence-electron chi connectivity index (χ0n) is 18.7. The molecule has 1 saturated heterocycles. The van der Waals surface area contributed by atoms with Crippen LogP contribution in [0.5, 0.6) is 5.75 Å². The molecule has 0 amide bonds. The van der Waals surface area contributed by atoms with Crippen molar-refractivity contribution in [3.63, 3.8) is 0 Å². The molecule has 29 heavy (non-hydrogen) atoms. The van der Waals surface area contributed by atoms with Gasteiger partial charge in [-0.3, -0.25) is 4.98 Å². The quantitative estimate of drug-likeness (QED) is 0.572. The summed E-state index contributed by atoms with van der Waals surface area (Å²) in [7, 11) is 0. The van der Waals surface area contributed by atoms with Crippen LogP contribution in [0.25, 0.3) is 10.9 Å². The number of nitrogens with zero attached hydrogens (tertiary/aromatic N) is 1. The number of benzene rings is 1. The van der Waals surface area contributed by atoms with Crippen LogP contribution in [0.4, 0.5) is 0 Å². The van der Waals surface area contributed by atoms with Crippen molar-refractivity contribution in [2.75, 3.05) is 0 Å². The number of phenols is 1. The van der Waals surface area contributed by atoms with Gasteiger partial charge in [0, 0.05) is 33.8 Å². The number of hydrogen-bond donors (Lipinski definition) is 3. The van der Waals surface area contributed by atoms with E-state index in [9.17, 15) is 5.11 Å². The number of piperidine rings is 1. The van der Waals surface area contributed by atoms with Gasteiger partial charge in [-0.1, -0.05) is 19.4 Å². The maximum absolute atomic E-state index is 10.6. The van der Waals surface area contributed by atoms with Gasteiger partial charge in [-0.25, -0.2) is 0 Å². The van der Waals surface area contributed by atoms with Crippen LogP contribution in [0.3, 0.4) is 0 Å². The third kappa shape index (κ3) is 5.05. The number of nitrogens with one attached hydrogen (secondary N) is 2. The van der Waals surface area contributed by atoms with Crippen molar-refractivity contribution in [2.45, 2.75) is 78.3 Å². The molecular formula is C25H35N3O. The summed E-state index contributed by atoms with van der Waals surface area (Å²) in [5.41, 5.74) is 4.05. The van der Waals surface area contributed by atoms with E-state index in [0.717, 1.165) is 42.3 Å². The summed E-state index contributed by atoms with van der Waals surface area (Å²) in [5.74, 6) is 0.530. The molecule has 0 radical (unpaired) electrons. The zero-order chi connectivity index (χ0) is 21.4. The van der Waals surface area contributed by atoms with Crippen LogP contribution in [0.15, 0.2) is 30.4 Å². The van der Waals surface area contributed by atoms with Crippen molar-refractivity contribution in [1.29, 1.82) is 5.41 Å². The fraction of sp³-hybridized carbons (Fsp3) is 0.520. The summed E-state index contributed by atoms with van der Waals surface area (Å²) >= 11 is 0. The molecule has 0 saturated carbocycles. The monoisotopic (exact) mass is 393 g/mol. The van der Waals surface area contributed by atoms with E-state index in [4.69, 9.17) is 5.41 Å². The van der Waals surface area contributed by atoms with E-state index in [-0.39, 0.29) is 16.8 Å². The Balaban J connectivity index is 1.90. The van der Waals surface area contributed by atoms with Crippen LogP contribution in [0.2, 0.25) is 0 Å². The second-order valence-electron chi connectivity index (χ2n) is 9.89. The first-order chi connectivity index (χ1) is 13.5. The standard InChI is InChI=1S/C25H35N3O/c1-7-8-18-11-16(2)27-22-13-23(29)20(12-19(18)22)21(26)10-9-17-14-24(3,4)28-25(5,6)15-17/h9-13,17,26,28-29H,7-8,14-15H2,1-6H3/b10-9-,26-21?. The maximum Gasteiger partial charge on any atom is 0.127 e. The molecule has 0 unspecified atom stereocenters. The van der Waals surface area contributed by atoms with Gasteiger partial charge in [-0.2, -0.15) is 0 Å². The zero-order valence-corrected chi connectivity index (χ0v) is 18.7. The van der Waals surface area contributed by atoms with Crippen molar-refractivity contribution in [1.82, 2.24) is 10.3 Å². The summed E-state index contributed by atoms with van der Waals surface area (Å²) < 4.78 is 0. The van der Waals surface area contributed by atoms with Crippen LogP contribution in [0, 0.1) is 18.3 Å². The number of allylic oxidation sites excluding steroid dienone is 2. The fourth-order valence-corrected chi connectivity index (χ4v) is 5.03. The highest BCUT2D eigenvalue weighted by Crippen LogP contribution is 2.34. The van der Waals surface area contributed by atoms with Gasteiger partial charge >= 0.3 is 0 Å². The van der Waals surface area contributed by atoms with Crippen LogP contribution in [0.1, 0.15) is 70.7 Å². The first-order valence-electron chi connectivity index (χ1n) is 10.7. The normalized spacial score (nSPS) is 19.1. The predicted octanol–water partition coefficient (Wildman–Crippen LogP) is 5.68. The molecule has 1 aliphatic heterocycles. The summed E-state index contributed by atoms with van der Waals surface area (Å²) in [6.07, 6.45) is 8.10. The van der Waals surface area contributed by atoms with E-state index in [0.29, 0.717) is 17.2 Å². The highest BCUT2D eigenvalue weighted by molar-refractivity contribution is 6.10. The third-order valence-corrected chi connectivity index (χ3v) is 5.71. The van der Waals surface area contributed by atoms with E-state index in [1.165, 1.54) is 5.56 Å². The Morgan fingerprint density at radius 1 is 1.21 bits per heavy atom. The SMILES string of the molecule is CCCc1cc(C)nc2cc(O)c(C(=N)/C=C\C3CC(C)(C)NC(C)(C)C3)cc12. The molecule has 1 aromatic heterocycles. The fourth-order valence-electron chi connectivity index (χ4n) is 5.03. The highest BCUT2D eigenvalue weighted by atomic mass is 16.3. The van der Waals surface area contributed by atoms with Crippen LogP contribution in [-0.4, -0.2) is 26.9 Å². The molecule has 4 nitrogen and oxygen atoms in total. The minimum absolute atomic E-state index is 0.0720. The number of fused-ring (bicyclic) bond motifs is 1. The van der Waals surface area contributed by atoms with Crippen molar-refractivity contribution < 1.29 is 5.11 Å². The molecule has 2 aromatic rings. The molecule has 3 rings (SSSR count). The van der Waals surface area contributed by atoms with Crippen molar-refractivity contribution in [3.8, 4) is 5.75 Å². The van der Waals surface area contributed by atoms with Crippen LogP contribution >= 0.6 is 0 Å². The number of pyridine rings is 1. The molecule has 0 aliphatic carbocycles. The van der Waals surface area contributed by atoms with Gasteiger partial charge in [0.2, 0.25) is 0 Å². The average molecular weight is 394 g/mol. The Bertz CT molecular complexity index is 940. The lowest BCUT2D eigenvalue weighted by atomic mass is 9.76. The van der Waals surface area contributed by atoms with E-state index >= 15 is 0 Å². The highest BCUT2D eigenvalue weighted by Gasteiger charge is 2.36. The van der Waals surface area contributed by atoms with Gasteiger partial charge < -0.3 is 15.8 Å². The molecule has 1 aliphatic rings. The Kier molecular flexibility index (Phi) is 5.86. The molecule has 1 fully saturated rings. The van der Waals surface area contributed by atoms with Crippen LogP contribution in [-0.2, 0) is 6.42 Å². The summed E-state index contributed by atoms with van der Waals surface area (Å²) in [6, 6.07) is 5.76. The third-order valence-electron chi connectivity index (χ3n) is 5.71. The summed E-state index contributed by atoms with van der Waals surface area (Å²) in [6.45, 7) is 13.1. The summed E-state index contributed by atoms with van der Waals surface area (Å²) in [4.78, 5) is 4.58. The van der Waals surface area contributed by atoms with Crippen LogP contribution < -0.4 is 5.32 Å².